The third-order valence-electron chi connectivity index (χ3n) is 2.53. The van der Waals surface area contributed by atoms with Gasteiger partial charge in [0.2, 0.25) is 0 Å². The summed E-state index contributed by atoms with van der Waals surface area (Å²) in [7, 11) is 0. The van der Waals surface area contributed by atoms with Gasteiger partial charge in [0, 0.05) is 22.0 Å². The van der Waals surface area contributed by atoms with E-state index in [1.807, 2.05) is 0 Å². The SMILES string of the molecule is O=C(Cc1ccc(F)c(Cl)c1)c1cc(Cl)cc(Cl)c1. The summed E-state index contributed by atoms with van der Waals surface area (Å²) >= 11 is 17.3. The maximum absolute atomic E-state index is 13.0. The zero-order chi connectivity index (χ0) is 14.0. The van der Waals surface area contributed by atoms with Gasteiger partial charge in [-0.05, 0) is 35.9 Å². The molecule has 1 nitrogen and oxygen atoms in total. The van der Waals surface area contributed by atoms with Crippen molar-refractivity contribution in [2.24, 2.45) is 0 Å². The fourth-order valence-electron chi connectivity index (χ4n) is 1.65. The Labute approximate surface area is 124 Å². The fraction of sp³-hybridized carbons (Fsp3) is 0.0714. The molecule has 98 valence electrons. The Kier molecular flexibility index (Phi) is 4.46. The highest BCUT2D eigenvalue weighted by molar-refractivity contribution is 6.35. The van der Waals surface area contributed by atoms with E-state index in [1.54, 1.807) is 18.2 Å². The number of benzene rings is 2. The number of hydrogen-bond donors (Lipinski definition) is 0. The number of carbonyl (C=O) groups excluding carboxylic acids is 1. The Hall–Kier alpha value is -1.09. The first-order chi connectivity index (χ1) is 8.95. The summed E-state index contributed by atoms with van der Waals surface area (Å²) in [5.74, 6) is -0.671. The number of carbonyl (C=O) groups is 1. The van der Waals surface area contributed by atoms with Crippen LogP contribution < -0.4 is 0 Å². The van der Waals surface area contributed by atoms with Crippen LogP contribution in [0, 0.1) is 5.82 Å². The summed E-state index contributed by atoms with van der Waals surface area (Å²) < 4.78 is 13.0. The minimum atomic E-state index is -0.510. The van der Waals surface area contributed by atoms with E-state index in [0.717, 1.165) is 0 Å². The maximum atomic E-state index is 13.0. The molecule has 5 heteroatoms. The number of ketones is 1. The van der Waals surface area contributed by atoms with Crippen molar-refractivity contribution in [3.8, 4) is 0 Å². The summed E-state index contributed by atoms with van der Waals surface area (Å²) in [6, 6.07) is 8.82. The predicted octanol–water partition coefficient (Wildman–Crippen LogP) is 5.21. The smallest absolute Gasteiger partial charge is 0.167 e. The third-order valence-corrected chi connectivity index (χ3v) is 3.26. The van der Waals surface area contributed by atoms with Crippen molar-refractivity contribution < 1.29 is 9.18 Å². The monoisotopic (exact) mass is 316 g/mol. The van der Waals surface area contributed by atoms with Gasteiger partial charge in [0.25, 0.3) is 0 Å². The highest BCUT2D eigenvalue weighted by Crippen LogP contribution is 2.21. The molecule has 0 radical (unpaired) electrons. The molecule has 0 atom stereocenters. The summed E-state index contributed by atoms with van der Waals surface area (Å²) in [6.45, 7) is 0. The van der Waals surface area contributed by atoms with E-state index in [9.17, 15) is 9.18 Å². The summed E-state index contributed by atoms with van der Waals surface area (Å²) in [6.07, 6.45) is 0.108. The molecule has 0 aromatic heterocycles. The number of halogens is 4. The van der Waals surface area contributed by atoms with Gasteiger partial charge in [0.15, 0.2) is 5.78 Å². The van der Waals surface area contributed by atoms with Crippen molar-refractivity contribution in [3.05, 3.63) is 68.4 Å². The Bertz CT molecular complexity index is 620. The molecule has 0 amide bonds. The van der Waals surface area contributed by atoms with Crippen LogP contribution in [0.5, 0.6) is 0 Å². The average molecular weight is 318 g/mol. The molecule has 0 aliphatic carbocycles. The van der Waals surface area contributed by atoms with E-state index in [1.165, 1.54) is 18.2 Å². The zero-order valence-electron chi connectivity index (χ0n) is 9.59. The molecule has 0 unspecified atom stereocenters. The highest BCUT2D eigenvalue weighted by Gasteiger charge is 2.10. The van der Waals surface area contributed by atoms with Gasteiger partial charge in [-0.25, -0.2) is 4.39 Å². The highest BCUT2D eigenvalue weighted by atomic mass is 35.5. The van der Waals surface area contributed by atoms with Gasteiger partial charge in [-0.1, -0.05) is 40.9 Å². The molecule has 0 bridgehead atoms. The number of Topliss-reactive ketones (excluding diaryl/α,β-unsaturated/α-hetero) is 1. The molecule has 0 N–H and O–H groups in total. The molecule has 0 heterocycles. The maximum Gasteiger partial charge on any atom is 0.167 e. The standard InChI is InChI=1S/C14H8Cl3FO/c15-10-5-9(6-11(16)7-10)14(19)4-8-1-2-13(18)12(17)3-8/h1-3,5-7H,4H2. The quantitative estimate of drug-likeness (QED) is 0.710. The Morgan fingerprint density at radius 3 is 2.21 bits per heavy atom. The van der Waals surface area contributed by atoms with Crippen molar-refractivity contribution in [1.82, 2.24) is 0 Å². The molecular weight excluding hydrogens is 310 g/mol. The van der Waals surface area contributed by atoms with Crippen molar-refractivity contribution in [2.45, 2.75) is 6.42 Å². The Balaban J connectivity index is 2.22. The molecular formula is C14H8Cl3FO. The van der Waals surface area contributed by atoms with Crippen LogP contribution in [0.15, 0.2) is 36.4 Å². The molecule has 0 fully saturated rings. The van der Waals surface area contributed by atoms with E-state index in [2.05, 4.69) is 0 Å². The Morgan fingerprint density at radius 1 is 1.00 bits per heavy atom. The second-order valence-electron chi connectivity index (χ2n) is 4.01. The van der Waals surface area contributed by atoms with Crippen molar-refractivity contribution >= 4 is 40.6 Å². The van der Waals surface area contributed by atoms with Crippen LogP contribution in [0.3, 0.4) is 0 Å². The molecule has 0 saturated carbocycles. The lowest BCUT2D eigenvalue weighted by molar-refractivity contribution is 0.0993. The predicted molar refractivity (Wildman–Crippen MR) is 75.9 cm³/mol. The average Bonchev–Trinajstić information content (AvgIpc) is 2.32. The first-order valence-corrected chi connectivity index (χ1v) is 6.52. The van der Waals surface area contributed by atoms with Gasteiger partial charge < -0.3 is 0 Å². The summed E-state index contributed by atoms with van der Waals surface area (Å²) in [4.78, 5) is 12.1. The van der Waals surface area contributed by atoms with Crippen LogP contribution >= 0.6 is 34.8 Å². The van der Waals surface area contributed by atoms with E-state index in [-0.39, 0.29) is 17.2 Å². The van der Waals surface area contributed by atoms with Crippen molar-refractivity contribution in [1.29, 1.82) is 0 Å². The van der Waals surface area contributed by atoms with Crippen LogP contribution in [-0.2, 0) is 6.42 Å². The summed E-state index contributed by atoms with van der Waals surface area (Å²) in [5, 5.41) is 0.787. The van der Waals surface area contributed by atoms with Crippen LogP contribution in [0.25, 0.3) is 0 Å². The van der Waals surface area contributed by atoms with E-state index in [4.69, 9.17) is 34.8 Å². The second-order valence-corrected chi connectivity index (χ2v) is 5.29. The molecule has 2 aromatic rings. The molecule has 0 aliphatic heterocycles. The molecule has 2 aromatic carbocycles. The topological polar surface area (TPSA) is 17.1 Å². The zero-order valence-corrected chi connectivity index (χ0v) is 11.9. The molecule has 2 rings (SSSR count). The number of hydrogen-bond acceptors (Lipinski definition) is 1. The van der Waals surface area contributed by atoms with Crippen LogP contribution in [-0.4, -0.2) is 5.78 Å². The van der Waals surface area contributed by atoms with Crippen LogP contribution in [0.4, 0.5) is 4.39 Å². The molecule has 19 heavy (non-hydrogen) atoms. The first-order valence-electron chi connectivity index (χ1n) is 5.39. The van der Waals surface area contributed by atoms with Gasteiger partial charge in [-0.2, -0.15) is 0 Å². The molecule has 0 saturated heterocycles. The first kappa shape index (κ1) is 14.3. The minimum Gasteiger partial charge on any atom is -0.294 e. The number of rotatable bonds is 3. The lowest BCUT2D eigenvalue weighted by Gasteiger charge is -2.04. The van der Waals surface area contributed by atoms with E-state index in [0.29, 0.717) is 21.2 Å². The largest absolute Gasteiger partial charge is 0.294 e. The van der Waals surface area contributed by atoms with E-state index < -0.39 is 5.82 Å². The van der Waals surface area contributed by atoms with Gasteiger partial charge in [0.1, 0.15) is 5.82 Å². The Morgan fingerprint density at radius 2 is 1.63 bits per heavy atom. The van der Waals surface area contributed by atoms with Crippen LogP contribution in [0.2, 0.25) is 15.1 Å². The van der Waals surface area contributed by atoms with Gasteiger partial charge in [0.05, 0.1) is 5.02 Å². The lowest BCUT2D eigenvalue weighted by Crippen LogP contribution is -2.03. The van der Waals surface area contributed by atoms with Crippen LogP contribution in [0.1, 0.15) is 15.9 Å². The van der Waals surface area contributed by atoms with E-state index >= 15 is 0 Å². The second kappa shape index (κ2) is 5.91. The van der Waals surface area contributed by atoms with Gasteiger partial charge in [-0.15, -0.1) is 0 Å². The van der Waals surface area contributed by atoms with Gasteiger partial charge in [-0.3, -0.25) is 4.79 Å². The normalized spacial score (nSPS) is 10.5. The van der Waals surface area contributed by atoms with Crippen molar-refractivity contribution in [3.63, 3.8) is 0 Å². The lowest BCUT2D eigenvalue weighted by atomic mass is 10.0. The fourth-order valence-corrected chi connectivity index (χ4v) is 2.38. The molecule has 0 aliphatic rings. The minimum absolute atomic E-state index is 0.00516. The third kappa shape index (κ3) is 3.69. The summed E-state index contributed by atoms with van der Waals surface area (Å²) in [5.41, 5.74) is 1.05. The molecule has 0 spiro atoms. The van der Waals surface area contributed by atoms with Crippen molar-refractivity contribution in [2.75, 3.05) is 0 Å². The van der Waals surface area contributed by atoms with Gasteiger partial charge >= 0.3 is 0 Å².